The Morgan fingerprint density at radius 2 is 2.17 bits per heavy atom. The summed E-state index contributed by atoms with van der Waals surface area (Å²) in [6.07, 6.45) is 1.55. The van der Waals surface area contributed by atoms with E-state index in [0.29, 0.717) is 6.47 Å². The molecule has 1 radical (unpaired) electrons. The predicted molar refractivity (Wildman–Crippen MR) is 43.4 cm³/mol. The molecule has 1 aliphatic heterocycles. The lowest BCUT2D eigenvalue weighted by atomic mass is 10.2. The van der Waals surface area contributed by atoms with Crippen LogP contribution in [0.25, 0.3) is 0 Å². The summed E-state index contributed by atoms with van der Waals surface area (Å²) in [5.41, 5.74) is 0. The molecule has 1 fully saturated rings. The van der Waals surface area contributed by atoms with Crippen LogP contribution in [0.4, 0.5) is 0 Å². The van der Waals surface area contributed by atoms with Gasteiger partial charge in [0.15, 0.2) is 0 Å². The Balaban J connectivity index is 0.000000217. The molecule has 0 aliphatic carbocycles. The van der Waals surface area contributed by atoms with Crippen LogP contribution in [-0.4, -0.2) is 37.5 Å². The van der Waals surface area contributed by atoms with E-state index in [1.54, 1.807) is 0 Å². The molecule has 1 rings (SSSR count). The summed E-state index contributed by atoms with van der Waals surface area (Å²) >= 11 is 0. The molecule has 71 valence electrons. The van der Waals surface area contributed by atoms with Crippen molar-refractivity contribution in [1.29, 1.82) is 0 Å². The molecule has 1 aliphatic rings. The van der Waals surface area contributed by atoms with Crippen LogP contribution in [0.5, 0.6) is 0 Å². The van der Waals surface area contributed by atoms with E-state index in [1.165, 1.54) is 0 Å². The van der Waals surface area contributed by atoms with Gasteiger partial charge in [-0.2, -0.15) is 0 Å². The minimum Gasteiger partial charge on any atom is -0.468 e. The molecule has 4 nitrogen and oxygen atoms in total. The van der Waals surface area contributed by atoms with Crippen molar-refractivity contribution in [3.63, 3.8) is 0 Å². The zero-order valence-electron chi connectivity index (χ0n) is 7.07. The average Bonchev–Trinajstić information content (AvgIpc) is 2.08. The minimum absolute atomic E-state index is 0.0891. The maximum absolute atomic E-state index is 9.14. The van der Waals surface area contributed by atoms with Gasteiger partial charge in [0.1, 0.15) is 0 Å². The van der Waals surface area contributed by atoms with E-state index < -0.39 is 0 Å². The van der Waals surface area contributed by atoms with Crippen LogP contribution in [0.15, 0.2) is 0 Å². The van der Waals surface area contributed by atoms with E-state index in [-0.39, 0.29) is 12.7 Å². The monoisotopic (exact) mass is 175 g/mol. The lowest BCUT2D eigenvalue weighted by Crippen LogP contribution is -2.19. The highest BCUT2D eigenvalue weighted by Gasteiger charge is 2.07. The highest BCUT2D eigenvalue weighted by Crippen LogP contribution is 2.04. The largest absolute Gasteiger partial charge is 0.468 e. The van der Waals surface area contributed by atoms with Crippen LogP contribution in [0.1, 0.15) is 12.8 Å². The normalized spacial score (nSPS) is 17.5. The molecule has 0 saturated carbocycles. The Labute approximate surface area is 72.5 Å². The summed E-state index contributed by atoms with van der Waals surface area (Å²) in [7, 11) is 0. The maximum Gasteiger partial charge on any atom is 0.293 e. The standard InChI is InChI=1S/C5H10O2.C3H5O2/c6-5-1-3-7-4-2-5;1-2-5-3-4/h5-6H,1-4H2;3H,1-2H2. The van der Waals surface area contributed by atoms with Gasteiger partial charge in [-0.05, 0) is 19.8 Å². The van der Waals surface area contributed by atoms with Crippen molar-refractivity contribution >= 4 is 6.47 Å². The molecule has 0 spiro atoms. The number of hydrogen-bond donors (Lipinski definition) is 1. The molecule has 0 unspecified atom stereocenters. The van der Waals surface area contributed by atoms with E-state index in [2.05, 4.69) is 11.7 Å². The van der Waals surface area contributed by atoms with Crippen LogP contribution in [0, 0.1) is 6.92 Å². The summed E-state index contributed by atoms with van der Waals surface area (Å²) in [5.74, 6) is 0. The second-order valence-electron chi connectivity index (χ2n) is 2.31. The molecule has 0 aromatic carbocycles. The summed E-state index contributed by atoms with van der Waals surface area (Å²) in [5, 5.41) is 8.83. The number of carbonyl (C=O) groups is 1. The molecule has 1 N–H and O–H groups in total. The van der Waals surface area contributed by atoms with E-state index in [1.807, 2.05) is 0 Å². The van der Waals surface area contributed by atoms with Gasteiger partial charge in [0.2, 0.25) is 0 Å². The lowest BCUT2D eigenvalue weighted by Gasteiger charge is -2.15. The molecule has 12 heavy (non-hydrogen) atoms. The summed E-state index contributed by atoms with van der Waals surface area (Å²) < 4.78 is 9.02. The van der Waals surface area contributed by atoms with Crippen molar-refractivity contribution < 1.29 is 19.4 Å². The number of aliphatic hydroxyl groups is 1. The van der Waals surface area contributed by atoms with Crippen molar-refractivity contribution in [2.45, 2.75) is 18.9 Å². The Bertz CT molecular complexity index is 99.2. The van der Waals surface area contributed by atoms with Crippen LogP contribution in [-0.2, 0) is 14.3 Å². The van der Waals surface area contributed by atoms with Gasteiger partial charge in [0, 0.05) is 13.2 Å². The van der Waals surface area contributed by atoms with Crippen molar-refractivity contribution in [2.24, 2.45) is 0 Å². The molecule has 1 saturated heterocycles. The number of hydrogen-bond acceptors (Lipinski definition) is 4. The first-order valence-corrected chi connectivity index (χ1v) is 3.91. The zero-order chi connectivity index (χ0) is 9.23. The Morgan fingerprint density at radius 3 is 2.33 bits per heavy atom. The Kier molecular flexibility index (Phi) is 8.05. The molecule has 0 bridgehead atoms. The van der Waals surface area contributed by atoms with E-state index in [4.69, 9.17) is 14.6 Å². The molecule has 0 atom stereocenters. The lowest BCUT2D eigenvalue weighted by molar-refractivity contribution is -0.127. The van der Waals surface area contributed by atoms with Crippen molar-refractivity contribution in [3.05, 3.63) is 6.92 Å². The predicted octanol–water partition coefficient (Wildman–Crippen LogP) is 0.151. The topological polar surface area (TPSA) is 55.8 Å². The zero-order valence-corrected chi connectivity index (χ0v) is 7.07. The van der Waals surface area contributed by atoms with E-state index in [9.17, 15) is 0 Å². The smallest absolute Gasteiger partial charge is 0.293 e. The number of aliphatic hydroxyl groups excluding tert-OH is 1. The number of rotatable bonds is 2. The summed E-state index contributed by atoms with van der Waals surface area (Å²) in [6.45, 7) is 5.29. The molecule has 1 heterocycles. The van der Waals surface area contributed by atoms with Gasteiger partial charge in [-0.25, -0.2) is 0 Å². The highest BCUT2D eigenvalue weighted by atomic mass is 16.5. The van der Waals surface area contributed by atoms with Crippen molar-refractivity contribution in [2.75, 3.05) is 19.8 Å². The SMILES string of the molecule is OC1CCOCC1.[CH2]COC=O. The van der Waals surface area contributed by atoms with E-state index >= 15 is 0 Å². The summed E-state index contributed by atoms with van der Waals surface area (Å²) in [6, 6.07) is 0. The van der Waals surface area contributed by atoms with Crippen LogP contribution < -0.4 is 0 Å². The van der Waals surface area contributed by atoms with Crippen LogP contribution in [0.3, 0.4) is 0 Å². The van der Waals surface area contributed by atoms with Gasteiger partial charge in [-0.3, -0.25) is 4.79 Å². The van der Waals surface area contributed by atoms with Gasteiger partial charge in [0.25, 0.3) is 6.47 Å². The fourth-order valence-corrected chi connectivity index (χ4v) is 0.733. The minimum atomic E-state index is -0.0891. The molecule has 0 aromatic rings. The van der Waals surface area contributed by atoms with Gasteiger partial charge >= 0.3 is 0 Å². The van der Waals surface area contributed by atoms with Gasteiger partial charge in [-0.1, -0.05) is 0 Å². The fraction of sp³-hybridized carbons (Fsp3) is 0.750. The van der Waals surface area contributed by atoms with Crippen LogP contribution in [0.2, 0.25) is 0 Å². The molecular weight excluding hydrogens is 160 g/mol. The first kappa shape index (κ1) is 11.4. The molecule has 0 aromatic heterocycles. The van der Waals surface area contributed by atoms with Gasteiger partial charge in [0.05, 0.1) is 12.7 Å². The molecule has 0 amide bonds. The first-order valence-electron chi connectivity index (χ1n) is 3.91. The molecule has 4 heteroatoms. The van der Waals surface area contributed by atoms with Gasteiger partial charge in [-0.15, -0.1) is 0 Å². The first-order chi connectivity index (χ1) is 5.81. The van der Waals surface area contributed by atoms with E-state index in [0.717, 1.165) is 26.1 Å². The van der Waals surface area contributed by atoms with Gasteiger partial charge < -0.3 is 14.6 Å². The third-order valence-electron chi connectivity index (χ3n) is 1.38. The Hall–Kier alpha value is -0.610. The average molecular weight is 175 g/mol. The summed E-state index contributed by atoms with van der Waals surface area (Å²) in [4.78, 5) is 9.14. The number of ether oxygens (including phenoxy) is 2. The fourth-order valence-electron chi connectivity index (χ4n) is 0.733. The quantitative estimate of drug-likeness (QED) is 0.607. The third kappa shape index (κ3) is 7.50. The second-order valence-corrected chi connectivity index (χ2v) is 2.31. The van der Waals surface area contributed by atoms with Crippen LogP contribution >= 0.6 is 0 Å². The van der Waals surface area contributed by atoms with Crippen molar-refractivity contribution in [1.82, 2.24) is 0 Å². The molecular formula is C8H15O4. The van der Waals surface area contributed by atoms with Crippen molar-refractivity contribution in [3.8, 4) is 0 Å². The number of carbonyl (C=O) groups excluding carboxylic acids is 1. The second kappa shape index (κ2) is 8.49. The highest BCUT2D eigenvalue weighted by molar-refractivity contribution is 5.36. The maximum atomic E-state index is 9.14. The Morgan fingerprint density at radius 1 is 1.58 bits per heavy atom. The third-order valence-corrected chi connectivity index (χ3v) is 1.38.